The molecule has 1 N–H and O–H groups in total. The summed E-state index contributed by atoms with van der Waals surface area (Å²) in [6, 6.07) is 14.4. The summed E-state index contributed by atoms with van der Waals surface area (Å²) in [6.45, 7) is 3.28. The molecule has 0 saturated carbocycles. The summed E-state index contributed by atoms with van der Waals surface area (Å²) < 4.78 is 15.4. The van der Waals surface area contributed by atoms with Gasteiger partial charge in [-0.1, -0.05) is 24.3 Å². The van der Waals surface area contributed by atoms with Crippen LogP contribution < -0.4 is 5.32 Å². The van der Waals surface area contributed by atoms with Crippen LogP contribution in [-0.2, 0) is 22.6 Å². The SMILES string of the molecule is Cc1nccn1-c1ccc(CNC(=O)C2CCC(=O)N(CCc3cccc(F)c3)C2)cc1. The second-order valence-electron chi connectivity index (χ2n) is 8.18. The summed E-state index contributed by atoms with van der Waals surface area (Å²) in [5.74, 6) is 0.421. The molecule has 32 heavy (non-hydrogen) atoms. The standard InChI is InChI=1S/C25H27FN4O2/c1-18-27-12-14-30(18)23-8-5-20(6-9-23)16-28-25(32)21-7-10-24(31)29(17-21)13-11-19-3-2-4-22(26)15-19/h2-6,8-9,12,14-15,21H,7,10-11,13,16-17H2,1H3,(H,28,32). The van der Waals surface area contributed by atoms with Gasteiger partial charge in [0.05, 0.1) is 5.92 Å². The van der Waals surface area contributed by atoms with Crippen LogP contribution in [0.25, 0.3) is 5.69 Å². The van der Waals surface area contributed by atoms with Gasteiger partial charge in [-0.15, -0.1) is 0 Å². The third-order valence-electron chi connectivity index (χ3n) is 5.94. The van der Waals surface area contributed by atoms with E-state index in [2.05, 4.69) is 10.3 Å². The zero-order valence-electron chi connectivity index (χ0n) is 18.1. The van der Waals surface area contributed by atoms with E-state index in [-0.39, 0.29) is 23.5 Å². The normalized spacial score (nSPS) is 16.2. The van der Waals surface area contributed by atoms with Crippen LogP contribution in [-0.4, -0.2) is 39.4 Å². The van der Waals surface area contributed by atoms with Crippen molar-refractivity contribution in [2.75, 3.05) is 13.1 Å². The first-order valence-corrected chi connectivity index (χ1v) is 10.9. The molecule has 3 aromatic rings. The van der Waals surface area contributed by atoms with Crippen LogP contribution >= 0.6 is 0 Å². The Labute approximate surface area is 187 Å². The van der Waals surface area contributed by atoms with Crippen molar-refractivity contribution in [1.82, 2.24) is 19.8 Å². The number of carbonyl (C=O) groups excluding carboxylic acids is 2. The number of imidazole rings is 1. The molecular formula is C25H27FN4O2. The Balaban J connectivity index is 1.29. The summed E-state index contributed by atoms with van der Waals surface area (Å²) in [5, 5.41) is 3.01. The molecule has 1 saturated heterocycles. The number of benzene rings is 2. The van der Waals surface area contributed by atoms with Gasteiger partial charge in [0.1, 0.15) is 11.6 Å². The summed E-state index contributed by atoms with van der Waals surface area (Å²) in [6.07, 6.45) is 5.16. The van der Waals surface area contributed by atoms with Crippen LogP contribution in [0.5, 0.6) is 0 Å². The minimum absolute atomic E-state index is 0.0391. The Bertz CT molecular complexity index is 1090. The van der Waals surface area contributed by atoms with E-state index in [0.29, 0.717) is 38.9 Å². The molecule has 1 atom stereocenters. The highest BCUT2D eigenvalue weighted by Gasteiger charge is 2.29. The van der Waals surface area contributed by atoms with Gasteiger partial charge in [-0.25, -0.2) is 9.37 Å². The van der Waals surface area contributed by atoms with E-state index < -0.39 is 0 Å². The van der Waals surface area contributed by atoms with Gasteiger partial charge in [0.15, 0.2) is 0 Å². The number of nitrogens with zero attached hydrogens (tertiary/aromatic N) is 3. The molecule has 4 rings (SSSR count). The maximum absolute atomic E-state index is 13.4. The highest BCUT2D eigenvalue weighted by molar-refractivity contribution is 5.83. The first kappa shape index (κ1) is 21.7. The Morgan fingerprint density at radius 1 is 1.19 bits per heavy atom. The molecule has 166 valence electrons. The second-order valence-corrected chi connectivity index (χ2v) is 8.18. The number of likely N-dealkylation sites (tertiary alicyclic amines) is 1. The fourth-order valence-corrected chi connectivity index (χ4v) is 4.06. The van der Waals surface area contributed by atoms with Crippen molar-refractivity contribution in [3.63, 3.8) is 0 Å². The number of carbonyl (C=O) groups is 2. The first-order chi connectivity index (χ1) is 15.5. The minimum Gasteiger partial charge on any atom is -0.352 e. The molecule has 6 nitrogen and oxygen atoms in total. The lowest BCUT2D eigenvalue weighted by Gasteiger charge is -2.32. The van der Waals surface area contributed by atoms with E-state index in [1.54, 1.807) is 17.2 Å². The Hall–Kier alpha value is -3.48. The molecule has 2 heterocycles. The summed E-state index contributed by atoms with van der Waals surface area (Å²) in [5.41, 5.74) is 2.88. The lowest BCUT2D eigenvalue weighted by molar-refractivity contribution is -0.138. The van der Waals surface area contributed by atoms with Gasteiger partial charge < -0.3 is 14.8 Å². The molecule has 1 fully saturated rings. The highest BCUT2D eigenvalue weighted by Crippen LogP contribution is 2.19. The Morgan fingerprint density at radius 3 is 2.72 bits per heavy atom. The molecule has 1 aromatic heterocycles. The quantitative estimate of drug-likeness (QED) is 0.620. The van der Waals surface area contributed by atoms with Crippen LogP contribution in [0.15, 0.2) is 60.9 Å². The molecule has 2 aromatic carbocycles. The molecular weight excluding hydrogens is 407 g/mol. The van der Waals surface area contributed by atoms with Crippen LogP contribution in [0.3, 0.4) is 0 Å². The molecule has 0 aliphatic carbocycles. The third kappa shape index (κ3) is 5.22. The number of piperidine rings is 1. The number of amides is 2. The Kier molecular flexibility index (Phi) is 6.63. The number of halogens is 1. The van der Waals surface area contributed by atoms with Gasteiger partial charge in [0.25, 0.3) is 0 Å². The summed E-state index contributed by atoms with van der Waals surface area (Å²) >= 11 is 0. The van der Waals surface area contributed by atoms with Gasteiger partial charge in [0.2, 0.25) is 11.8 Å². The van der Waals surface area contributed by atoms with Gasteiger partial charge >= 0.3 is 0 Å². The van der Waals surface area contributed by atoms with Crippen molar-refractivity contribution >= 4 is 11.8 Å². The van der Waals surface area contributed by atoms with Gasteiger partial charge in [-0.2, -0.15) is 0 Å². The maximum atomic E-state index is 13.4. The van der Waals surface area contributed by atoms with Crippen molar-refractivity contribution in [2.45, 2.75) is 32.7 Å². The van der Waals surface area contributed by atoms with E-state index in [1.165, 1.54) is 12.1 Å². The number of aryl methyl sites for hydroxylation is 1. The number of rotatable bonds is 7. The fourth-order valence-electron chi connectivity index (χ4n) is 4.06. The van der Waals surface area contributed by atoms with Gasteiger partial charge in [0, 0.05) is 44.1 Å². The third-order valence-corrected chi connectivity index (χ3v) is 5.94. The molecule has 1 unspecified atom stereocenters. The highest BCUT2D eigenvalue weighted by atomic mass is 19.1. The zero-order valence-corrected chi connectivity index (χ0v) is 18.1. The molecule has 7 heteroatoms. The minimum atomic E-state index is -0.280. The fraction of sp³-hybridized carbons (Fsp3) is 0.320. The number of aromatic nitrogens is 2. The van der Waals surface area contributed by atoms with Crippen LogP contribution in [0.4, 0.5) is 4.39 Å². The van der Waals surface area contributed by atoms with E-state index in [9.17, 15) is 14.0 Å². The molecule has 0 bridgehead atoms. The molecule has 0 spiro atoms. The van der Waals surface area contributed by atoms with Crippen LogP contribution in [0.2, 0.25) is 0 Å². The maximum Gasteiger partial charge on any atom is 0.225 e. The van der Waals surface area contributed by atoms with Gasteiger partial charge in [-0.05, 0) is 55.2 Å². The average Bonchev–Trinajstić information content (AvgIpc) is 3.23. The van der Waals surface area contributed by atoms with Crippen molar-refractivity contribution in [3.8, 4) is 5.69 Å². The molecule has 0 radical (unpaired) electrons. The van der Waals surface area contributed by atoms with Gasteiger partial charge in [-0.3, -0.25) is 9.59 Å². The first-order valence-electron chi connectivity index (χ1n) is 10.9. The summed E-state index contributed by atoms with van der Waals surface area (Å²) in [4.78, 5) is 31.0. The van der Waals surface area contributed by atoms with Crippen LogP contribution in [0.1, 0.15) is 29.8 Å². The van der Waals surface area contributed by atoms with E-state index in [4.69, 9.17) is 0 Å². The van der Waals surface area contributed by atoms with E-state index in [0.717, 1.165) is 22.6 Å². The van der Waals surface area contributed by atoms with Crippen LogP contribution in [0, 0.1) is 18.7 Å². The summed E-state index contributed by atoms with van der Waals surface area (Å²) in [7, 11) is 0. The number of nitrogens with one attached hydrogen (secondary N) is 1. The predicted molar refractivity (Wildman–Crippen MR) is 120 cm³/mol. The lowest BCUT2D eigenvalue weighted by Crippen LogP contribution is -2.46. The zero-order chi connectivity index (χ0) is 22.5. The van der Waals surface area contributed by atoms with Crippen molar-refractivity contribution in [1.29, 1.82) is 0 Å². The number of hydrogen-bond acceptors (Lipinski definition) is 3. The van der Waals surface area contributed by atoms with Crippen molar-refractivity contribution in [3.05, 3.63) is 83.7 Å². The largest absolute Gasteiger partial charge is 0.352 e. The second kappa shape index (κ2) is 9.77. The van der Waals surface area contributed by atoms with E-state index >= 15 is 0 Å². The molecule has 1 aliphatic heterocycles. The smallest absolute Gasteiger partial charge is 0.225 e. The van der Waals surface area contributed by atoms with E-state index in [1.807, 2.05) is 48.0 Å². The van der Waals surface area contributed by atoms with Crippen molar-refractivity contribution in [2.24, 2.45) is 5.92 Å². The average molecular weight is 435 g/mol. The lowest BCUT2D eigenvalue weighted by atomic mass is 9.96. The predicted octanol–water partition coefficient (Wildman–Crippen LogP) is 3.42. The van der Waals surface area contributed by atoms with Crippen molar-refractivity contribution < 1.29 is 14.0 Å². The molecule has 1 aliphatic rings. The Morgan fingerprint density at radius 2 is 2.00 bits per heavy atom. The number of hydrogen-bond donors (Lipinski definition) is 1. The monoisotopic (exact) mass is 434 g/mol. The topological polar surface area (TPSA) is 67.2 Å². The molecule has 2 amide bonds.